The summed E-state index contributed by atoms with van der Waals surface area (Å²) in [6.45, 7) is 3.25. The number of carbonyl (C=O) groups excluding carboxylic acids is 1. The fourth-order valence-electron chi connectivity index (χ4n) is 1.80. The van der Waals surface area contributed by atoms with E-state index in [9.17, 15) is 9.18 Å². The molecule has 0 saturated carbocycles. The molecule has 0 aliphatic heterocycles. The highest BCUT2D eigenvalue weighted by Gasteiger charge is 2.07. The number of carbonyl (C=O) groups is 1. The minimum absolute atomic E-state index is 0.260. The Kier molecular flexibility index (Phi) is 5.82. The molecule has 0 radical (unpaired) electrons. The van der Waals surface area contributed by atoms with E-state index in [2.05, 4.69) is 27.5 Å². The minimum atomic E-state index is -0.297. The van der Waals surface area contributed by atoms with E-state index in [1.54, 1.807) is 12.1 Å². The van der Waals surface area contributed by atoms with Gasteiger partial charge in [0.15, 0.2) is 0 Å². The first kappa shape index (κ1) is 15.9. The Morgan fingerprint density at radius 1 is 1.18 bits per heavy atom. The summed E-state index contributed by atoms with van der Waals surface area (Å²) < 4.78 is 12.8. The number of aromatic nitrogens is 2. The van der Waals surface area contributed by atoms with Crippen molar-refractivity contribution in [2.24, 2.45) is 0 Å². The summed E-state index contributed by atoms with van der Waals surface area (Å²) in [5.41, 5.74) is 1.22. The number of hydrogen-bond donors (Lipinski definition) is 2. The maximum atomic E-state index is 12.8. The average Bonchev–Trinajstić information content (AvgIpc) is 2.55. The number of nitrogens with one attached hydrogen (secondary N) is 2. The molecule has 0 bridgehead atoms. The standard InChI is InChI=1S/C16H19FN4O/c1-2-3-8-18-16-20-10-13(11-21-16)15(22)19-9-12-4-6-14(17)7-5-12/h4-7,10-11H,2-3,8-9H2,1H3,(H,19,22)(H,18,20,21). The molecule has 0 atom stereocenters. The van der Waals surface area contributed by atoms with E-state index in [-0.39, 0.29) is 11.7 Å². The van der Waals surface area contributed by atoms with Crippen molar-refractivity contribution in [3.63, 3.8) is 0 Å². The molecule has 116 valence electrons. The van der Waals surface area contributed by atoms with Gasteiger partial charge >= 0.3 is 0 Å². The maximum absolute atomic E-state index is 12.8. The molecule has 0 aliphatic rings. The van der Waals surface area contributed by atoms with Crippen LogP contribution in [0.2, 0.25) is 0 Å². The van der Waals surface area contributed by atoms with Gasteiger partial charge in [-0.2, -0.15) is 0 Å². The number of benzene rings is 1. The number of amides is 1. The lowest BCUT2D eigenvalue weighted by Crippen LogP contribution is -2.23. The van der Waals surface area contributed by atoms with Gasteiger partial charge in [0.05, 0.1) is 5.56 Å². The molecule has 1 amide bonds. The second-order valence-corrected chi connectivity index (χ2v) is 4.88. The monoisotopic (exact) mass is 302 g/mol. The fourth-order valence-corrected chi connectivity index (χ4v) is 1.80. The molecule has 0 unspecified atom stereocenters. The van der Waals surface area contributed by atoms with Crippen LogP contribution in [0.25, 0.3) is 0 Å². The van der Waals surface area contributed by atoms with Gasteiger partial charge in [-0.3, -0.25) is 4.79 Å². The molecule has 0 fully saturated rings. The van der Waals surface area contributed by atoms with E-state index < -0.39 is 0 Å². The van der Waals surface area contributed by atoms with Gasteiger partial charge < -0.3 is 10.6 Å². The highest BCUT2D eigenvalue weighted by molar-refractivity contribution is 5.93. The Bertz CT molecular complexity index is 599. The van der Waals surface area contributed by atoms with Crippen LogP contribution in [0.5, 0.6) is 0 Å². The van der Waals surface area contributed by atoms with Gasteiger partial charge in [0.1, 0.15) is 5.82 Å². The Balaban J connectivity index is 1.85. The van der Waals surface area contributed by atoms with Gasteiger partial charge in [0.25, 0.3) is 5.91 Å². The summed E-state index contributed by atoms with van der Waals surface area (Å²) in [5, 5.41) is 5.83. The summed E-state index contributed by atoms with van der Waals surface area (Å²) in [5.74, 6) is -0.0393. The van der Waals surface area contributed by atoms with Crippen LogP contribution in [0.4, 0.5) is 10.3 Å². The highest BCUT2D eigenvalue weighted by atomic mass is 19.1. The van der Waals surface area contributed by atoms with Crippen LogP contribution in [0.3, 0.4) is 0 Å². The lowest BCUT2D eigenvalue weighted by molar-refractivity contribution is 0.0950. The molecule has 1 aromatic heterocycles. The van der Waals surface area contributed by atoms with E-state index in [1.165, 1.54) is 24.5 Å². The van der Waals surface area contributed by atoms with E-state index >= 15 is 0 Å². The largest absolute Gasteiger partial charge is 0.354 e. The predicted octanol–water partition coefficient (Wildman–Crippen LogP) is 2.76. The van der Waals surface area contributed by atoms with Crippen LogP contribution in [0.15, 0.2) is 36.7 Å². The molecular formula is C16H19FN4O. The van der Waals surface area contributed by atoms with Gasteiger partial charge in [-0.1, -0.05) is 25.5 Å². The van der Waals surface area contributed by atoms with Crippen LogP contribution >= 0.6 is 0 Å². The van der Waals surface area contributed by atoms with E-state index in [1.807, 2.05) is 0 Å². The van der Waals surface area contributed by atoms with E-state index in [0.717, 1.165) is 24.9 Å². The van der Waals surface area contributed by atoms with Crippen LogP contribution in [0.1, 0.15) is 35.7 Å². The second-order valence-electron chi connectivity index (χ2n) is 4.88. The molecule has 6 heteroatoms. The highest BCUT2D eigenvalue weighted by Crippen LogP contribution is 2.04. The SMILES string of the molecule is CCCCNc1ncc(C(=O)NCc2ccc(F)cc2)cn1. The van der Waals surface area contributed by atoms with Gasteiger partial charge in [0, 0.05) is 25.5 Å². The van der Waals surface area contributed by atoms with Crippen molar-refractivity contribution in [3.05, 3.63) is 53.6 Å². The number of hydrogen-bond acceptors (Lipinski definition) is 4. The van der Waals surface area contributed by atoms with Crippen molar-refractivity contribution in [1.82, 2.24) is 15.3 Å². The first-order valence-electron chi connectivity index (χ1n) is 7.27. The lowest BCUT2D eigenvalue weighted by atomic mass is 10.2. The van der Waals surface area contributed by atoms with Crippen molar-refractivity contribution >= 4 is 11.9 Å². The quantitative estimate of drug-likeness (QED) is 0.772. The van der Waals surface area contributed by atoms with Crippen LogP contribution in [-0.2, 0) is 6.54 Å². The predicted molar refractivity (Wildman–Crippen MR) is 83.0 cm³/mol. The number of anilines is 1. The third-order valence-corrected chi connectivity index (χ3v) is 3.09. The molecule has 0 aliphatic carbocycles. The topological polar surface area (TPSA) is 66.9 Å². The summed E-state index contributed by atoms with van der Waals surface area (Å²) in [4.78, 5) is 20.2. The molecule has 1 aromatic carbocycles. The fraction of sp³-hybridized carbons (Fsp3) is 0.312. The third-order valence-electron chi connectivity index (χ3n) is 3.09. The van der Waals surface area contributed by atoms with Gasteiger partial charge in [-0.05, 0) is 24.1 Å². The first-order valence-corrected chi connectivity index (χ1v) is 7.27. The van der Waals surface area contributed by atoms with Crippen molar-refractivity contribution in [3.8, 4) is 0 Å². The molecule has 2 aromatic rings. The first-order chi connectivity index (χ1) is 10.7. The molecule has 0 spiro atoms. The third kappa shape index (κ3) is 4.80. The van der Waals surface area contributed by atoms with Gasteiger partial charge in [-0.15, -0.1) is 0 Å². The zero-order chi connectivity index (χ0) is 15.8. The van der Waals surface area contributed by atoms with Crippen molar-refractivity contribution in [2.45, 2.75) is 26.3 Å². The van der Waals surface area contributed by atoms with Gasteiger partial charge in [-0.25, -0.2) is 14.4 Å². The summed E-state index contributed by atoms with van der Waals surface area (Å²) in [7, 11) is 0. The summed E-state index contributed by atoms with van der Waals surface area (Å²) in [6.07, 6.45) is 5.11. The second kappa shape index (κ2) is 8.07. The van der Waals surface area contributed by atoms with Crippen molar-refractivity contribution in [1.29, 1.82) is 0 Å². The zero-order valence-corrected chi connectivity index (χ0v) is 12.5. The summed E-state index contributed by atoms with van der Waals surface area (Å²) >= 11 is 0. The number of halogens is 1. The molecule has 0 saturated heterocycles. The molecule has 5 nitrogen and oxygen atoms in total. The Morgan fingerprint density at radius 3 is 2.50 bits per heavy atom. The van der Waals surface area contributed by atoms with Crippen LogP contribution < -0.4 is 10.6 Å². The Hall–Kier alpha value is -2.50. The van der Waals surface area contributed by atoms with Crippen molar-refractivity contribution < 1.29 is 9.18 Å². The lowest BCUT2D eigenvalue weighted by Gasteiger charge is -2.06. The minimum Gasteiger partial charge on any atom is -0.354 e. The molecular weight excluding hydrogens is 283 g/mol. The average molecular weight is 302 g/mol. The Morgan fingerprint density at radius 2 is 1.86 bits per heavy atom. The molecule has 1 heterocycles. The zero-order valence-electron chi connectivity index (χ0n) is 12.5. The molecule has 2 rings (SSSR count). The molecule has 2 N–H and O–H groups in total. The molecule has 22 heavy (non-hydrogen) atoms. The van der Waals surface area contributed by atoms with E-state index in [0.29, 0.717) is 18.1 Å². The van der Waals surface area contributed by atoms with E-state index in [4.69, 9.17) is 0 Å². The van der Waals surface area contributed by atoms with Crippen molar-refractivity contribution in [2.75, 3.05) is 11.9 Å². The number of nitrogens with zero attached hydrogens (tertiary/aromatic N) is 2. The maximum Gasteiger partial charge on any atom is 0.254 e. The number of unbranched alkanes of at least 4 members (excludes halogenated alkanes) is 1. The van der Waals surface area contributed by atoms with Gasteiger partial charge in [0.2, 0.25) is 5.95 Å². The number of rotatable bonds is 7. The van der Waals surface area contributed by atoms with Crippen LogP contribution in [-0.4, -0.2) is 22.4 Å². The smallest absolute Gasteiger partial charge is 0.254 e. The Labute approximate surface area is 129 Å². The van der Waals surface area contributed by atoms with Crippen LogP contribution in [0, 0.1) is 5.82 Å². The normalized spacial score (nSPS) is 10.3. The summed E-state index contributed by atoms with van der Waals surface area (Å²) in [6, 6.07) is 5.99.